The Morgan fingerprint density at radius 2 is 1.76 bits per heavy atom. The summed E-state index contributed by atoms with van der Waals surface area (Å²) in [4.78, 5) is 18.5. The van der Waals surface area contributed by atoms with Crippen molar-refractivity contribution in [2.75, 3.05) is 42.9 Å². The molecule has 1 atom stereocenters. The Morgan fingerprint density at radius 3 is 2.35 bits per heavy atom. The molecule has 0 bridgehead atoms. The van der Waals surface area contributed by atoms with Crippen LogP contribution >= 0.6 is 0 Å². The molecule has 1 fully saturated rings. The molecule has 1 unspecified atom stereocenters. The molecule has 0 aliphatic carbocycles. The zero-order valence-electron chi connectivity index (χ0n) is 19.8. The van der Waals surface area contributed by atoms with E-state index in [9.17, 15) is 31.9 Å². The Bertz CT molecular complexity index is 1240. The van der Waals surface area contributed by atoms with Gasteiger partial charge in [0, 0.05) is 62.7 Å². The molecule has 8 nitrogen and oxygen atoms in total. The number of carbonyl (C=O) groups excluding carboxylic acids is 1. The van der Waals surface area contributed by atoms with E-state index in [1.807, 2.05) is 0 Å². The Kier molecular flexibility index (Phi) is 7.46. The van der Waals surface area contributed by atoms with E-state index in [1.165, 1.54) is 42.5 Å². The standard InChI is InChI=1S/C24H25F5N6O2/c1-16(36)32-18-3-5-22(20(11-18)24(27,28)29)34-8-6-33(7-9-34)12-23(37,13-35-15-30-14-31-35)19-4-2-17(25)10-21(19)26/h2-5,10-11,14-15,37H,6-9,12-13H2,1H3,(H,32,36). The summed E-state index contributed by atoms with van der Waals surface area (Å²) >= 11 is 0. The number of nitrogens with zero attached hydrogens (tertiary/aromatic N) is 5. The number of amides is 1. The lowest BCUT2D eigenvalue weighted by Gasteiger charge is -2.41. The van der Waals surface area contributed by atoms with Gasteiger partial charge in [0.15, 0.2) is 0 Å². The molecule has 37 heavy (non-hydrogen) atoms. The number of aliphatic hydroxyl groups is 1. The first-order valence-electron chi connectivity index (χ1n) is 11.4. The average molecular weight is 524 g/mol. The Balaban J connectivity index is 1.53. The molecule has 1 aliphatic rings. The summed E-state index contributed by atoms with van der Waals surface area (Å²) in [5, 5.41) is 17.9. The predicted octanol–water partition coefficient (Wildman–Crippen LogP) is 3.24. The molecule has 1 aromatic heterocycles. The van der Waals surface area contributed by atoms with E-state index >= 15 is 0 Å². The highest BCUT2D eigenvalue weighted by atomic mass is 19.4. The third kappa shape index (κ3) is 6.23. The summed E-state index contributed by atoms with van der Waals surface area (Å²) in [6, 6.07) is 6.53. The number of halogens is 5. The molecule has 0 saturated carbocycles. The largest absolute Gasteiger partial charge is 0.418 e. The van der Waals surface area contributed by atoms with Crippen molar-refractivity contribution in [2.24, 2.45) is 0 Å². The SMILES string of the molecule is CC(=O)Nc1ccc(N2CCN(CC(O)(Cn3cncn3)c3ccc(F)cc3F)CC2)c(C(F)(F)F)c1. The van der Waals surface area contributed by atoms with Crippen LogP contribution in [0.25, 0.3) is 0 Å². The van der Waals surface area contributed by atoms with Crippen molar-refractivity contribution in [1.82, 2.24) is 19.7 Å². The van der Waals surface area contributed by atoms with Crippen LogP contribution in [0.4, 0.5) is 33.3 Å². The molecule has 198 valence electrons. The first kappa shape index (κ1) is 26.5. The third-order valence-electron chi connectivity index (χ3n) is 6.14. The molecule has 2 N–H and O–H groups in total. The second-order valence-electron chi connectivity index (χ2n) is 8.92. The van der Waals surface area contributed by atoms with Crippen molar-refractivity contribution in [3.05, 3.63) is 71.8 Å². The number of β-amino-alcohol motifs (C(OH)–C–C–N with tert-alkyl or cyclic N) is 1. The lowest BCUT2D eigenvalue weighted by molar-refractivity contribution is -0.137. The number of carbonyl (C=O) groups is 1. The van der Waals surface area contributed by atoms with Crippen LogP contribution in [0.2, 0.25) is 0 Å². The molecule has 4 rings (SSSR count). The van der Waals surface area contributed by atoms with Gasteiger partial charge >= 0.3 is 6.18 Å². The molecule has 2 aromatic carbocycles. The van der Waals surface area contributed by atoms with Crippen LogP contribution in [0.15, 0.2) is 49.1 Å². The Morgan fingerprint density at radius 1 is 1.03 bits per heavy atom. The van der Waals surface area contributed by atoms with Gasteiger partial charge in [0.05, 0.1) is 12.1 Å². The van der Waals surface area contributed by atoms with Gasteiger partial charge in [0.1, 0.15) is 29.9 Å². The highest BCUT2D eigenvalue weighted by molar-refractivity contribution is 5.89. The van der Waals surface area contributed by atoms with Crippen LogP contribution in [0.5, 0.6) is 0 Å². The number of nitrogens with one attached hydrogen (secondary N) is 1. The van der Waals surface area contributed by atoms with Crippen molar-refractivity contribution < 1.29 is 31.9 Å². The minimum absolute atomic E-state index is 0.0243. The number of hydrogen-bond donors (Lipinski definition) is 2. The van der Waals surface area contributed by atoms with E-state index in [0.717, 1.165) is 12.1 Å². The number of rotatable bonds is 7. The lowest BCUT2D eigenvalue weighted by Crippen LogP contribution is -2.52. The highest BCUT2D eigenvalue weighted by Gasteiger charge is 2.38. The number of aromatic nitrogens is 3. The molecule has 0 spiro atoms. The highest BCUT2D eigenvalue weighted by Crippen LogP contribution is 2.39. The number of benzene rings is 2. The maximum atomic E-state index is 14.7. The zero-order chi connectivity index (χ0) is 26.8. The van der Waals surface area contributed by atoms with Gasteiger partial charge in [-0.3, -0.25) is 9.69 Å². The smallest absolute Gasteiger partial charge is 0.382 e. The molecule has 1 saturated heterocycles. The fourth-order valence-corrected chi connectivity index (χ4v) is 4.51. The summed E-state index contributed by atoms with van der Waals surface area (Å²) in [5.41, 5.74) is -2.79. The van der Waals surface area contributed by atoms with E-state index in [4.69, 9.17) is 0 Å². The van der Waals surface area contributed by atoms with Gasteiger partial charge in [-0.2, -0.15) is 18.3 Å². The van der Waals surface area contributed by atoms with Gasteiger partial charge in [-0.1, -0.05) is 6.07 Å². The van der Waals surface area contributed by atoms with E-state index < -0.39 is 34.9 Å². The van der Waals surface area contributed by atoms with Crippen LogP contribution in [-0.4, -0.2) is 63.4 Å². The summed E-state index contributed by atoms with van der Waals surface area (Å²) in [7, 11) is 0. The minimum Gasteiger partial charge on any atom is -0.382 e. The lowest BCUT2D eigenvalue weighted by atomic mass is 9.92. The quantitative estimate of drug-likeness (QED) is 0.462. The van der Waals surface area contributed by atoms with Crippen LogP contribution in [0.3, 0.4) is 0 Å². The van der Waals surface area contributed by atoms with Gasteiger partial charge in [0.25, 0.3) is 0 Å². The molecule has 0 radical (unpaired) electrons. The summed E-state index contributed by atoms with van der Waals surface area (Å²) in [6.07, 6.45) is -2.03. The van der Waals surface area contributed by atoms with Crippen molar-refractivity contribution >= 4 is 17.3 Å². The van der Waals surface area contributed by atoms with Gasteiger partial charge < -0.3 is 15.3 Å². The molecule has 13 heteroatoms. The van der Waals surface area contributed by atoms with Gasteiger partial charge in [0.2, 0.25) is 5.91 Å². The first-order chi connectivity index (χ1) is 17.4. The van der Waals surface area contributed by atoms with Gasteiger partial charge in [-0.25, -0.2) is 18.4 Å². The first-order valence-corrected chi connectivity index (χ1v) is 11.4. The average Bonchev–Trinajstić information content (AvgIpc) is 3.31. The maximum absolute atomic E-state index is 14.7. The van der Waals surface area contributed by atoms with Gasteiger partial charge in [-0.05, 0) is 24.3 Å². The Labute approximate surface area is 209 Å². The molecular weight excluding hydrogens is 499 g/mol. The van der Waals surface area contributed by atoms with Crippen LogP contribution in [0.1, 0.15) is 18.1 Å². The molecule has 1 amide bonds. The van der Waals surface area contributed by atoms with Gasteiger partial charge in [-0.15, -0.1) is 0 Å². The summed E-state index contributed by atoms with van der Waals surface area (Å²) in [5.74, 6) is -2.19. The number of alkyl halides is 3. The predicted molar refractivity (Wildman–Crippen MR) is 125 cm³/mol. The Hall–Kier alpha value is -3.58. The van der Waals surface area contributed by atoms with Crippen molar-refractivity contribution in [1.29, 1.82) is 0 Å². The number of piperazine rings is 1. The molecule has 2 heterocycles. The fraction of sp³-hybridized carbons (Fsp3) is 0.375. The van der Waals surface area contributed by atoms with E-state index in [0.29, 0.717) is 6.07 Å². The van der Waals surface area contributed by atoms with Crippen molar-refractivity contribution in [3.63, 3.8) is 0 Å². The van der Waals surface area contributed by atoms with E-state index in [2.05, 4.69) is 15.4 Å². The molecular formula is C24H25F5N6O2. The second kappa shape index (κ2) is 10.4. The fourth-order valence-electron chi connectivity index (χ4n) is 4.51. The maximum Gasteiger partial charge on any atom is 0.418 e. The van der Waals surface area contributed by atoms with Crippen LogP contribution < -0.4 is 10.2 Å². The summed E-state index contributed by atoms with van der Waals surface area (Å²) in [6.45, 7) is 1.92. The molecule has 1 aliphatic heterocycles. The monoisotopic (exact) mass is 524 g/mol. The van der Waals surface area contributed by atoms with E-state index in [-0.39, 0.29) is 56.2 Å². The normalized spacial score (nSPS) is 16.5. The topological polar surface area (TPSA) is 86.5 Å². The van der Waals surface area contributed by atoms with Crippen LogP contribution in [-0.2, 0) is 23.1 Å². The van der Waals surface area contributed by atoms with Crippen molar-refractivity contribution in [2.45, 2.75) is 25.2 Å². The van der Waals surface area contributed by atoms with Crippen LogP contribution in [0, 0.1) is 11.6 Å². The second-order valence-corrected chi connectivity index (χ2v) is 8.92. The third-order valence-corrected chi connectivity index (χ3v) is 6.14. The van der Waals surface area contributed by atoms with E-state index in [1.54, 1.807) is 9.80 Å². The molecule has 3 aromatic rings. The van der Waals surface area contributed by atoms with Crippen molar-refractivity contribution in [3.8, 4) is 0 Å². The minimum atomic E-state index is -4.64. The zero-order valence-corrected chi connectivity index (χ0v) is 19.8. The number of hydrogen-bond acceptors (Lipinski definition) is 6. The number of anilines is 2. The summed E-state index contributed by atoms with van der Waals surface area (Å²) < 4.78 is 70.9.